The highest BCUT2D eigenvalue weighted by atomic mass is 19.3. The SMILES string of the molecule is COc1cc(F)c(F)c2c1nc(C(F)F)n2CCN. The number of hydrogen-bond acceptors (Lipinski definition) is 3. The van der Waals surface area contributed by atoms with Crippen molar-refractivity contribution in [3.63, 3.8) is 0 Å². The van der Waals surface area contributed by atoms with Gasteiger partial charge in [0.2, 0.25) is 0 Å². The molecule has 0 spiro atoms. The number of alkyl halides is 2. The summed E-state index contributed by atoms with van der Waals surface area (Å²) in [5.41, 5.74) is 4.79. The van der Waals surface area contributed by atoms with Crippen molar-refractivity contribution >= 4 is 11.0 Å². The molecule has 8 heteroatoms. The van der Waals surface area contributed by atoms with Crippen molar-refractivity contribution in [1.82, 2.24) is 9.55 Å². The summed E-state index contributed by atoms with van der Waals surface area (Å²) in [6, 6.07) is 0.771. The molecule has 1 aromatic heterocycles. The van der Waals surface area contributed by atoms with E-state index in [9.17, 15) is 17.6 Å². The van der Waals surface area contributed by atoms with E-state index in [4.69, 9.17) is 10.5 Å². The van der Waals surface area contributed by atoms with E-state index in [0.29, 0.717) is 0 Å². The molecule has 0 atom stereocenters. The number of fused-ring (bicyclic) bond motifs is 1. The van der Waals surface area contributed by atoms with E-state index in [1.54, 1.807) is 0 Å². The van der Waals surface area contributed by atoms with Gasteiger partial charge in [0.15, 0.2) is 17.5 Å². The van der Waals surface area contributed by atoms with Gasteiger partial charge in [0.05, 0.1) is 7.11 Å². The molecule has 0 unspecified atom stereocenters. The Hall–Kier alpha value is -1.83. The van der Waals surface area contributed by atoms with E-state index in [2.05, 4.69) is 4.98 Å². The normalized spacial score (nSPS) is 11.5. The second-order valence-electron chi connectivity index (χ2n) is 3.78. The number of imidazole rings is 1. The fraction of sp³-hybridized carbons (Fsp3) is 0.364. The first-order chi connectivity index (χ1) is 9.01. The Kier molecular flexibility index (Phi) is 3.61. The van der Waals surface area contributed by atoms with E-state index >= 15 is 0 Å². The van der Waals surface area contributed by atoms with Gasteiger partial charge in [0.25, 0.3) is 6.43 Å². The molecule has 1 aromatic carbocycles. The summed E-state index contributed by atoms with van der Waals surface area (Å²) in [4.78, 5) is 3.63. The Morgan fingerprint density at radius 3 is 2.63 bits per heavy atom. The van der Waals surface area contributed by atoms with Crippen LogP contribution in [0.3, 0.4) is 0 Å². The Morgan fingerprint density at radius 1 is 1.42 bits per heavy atom. The smallest absolute Gasteiger partial charge is 0.295 e. The molecule has 0 aliphatic carbocycles. The highest BCUT2D eigenvalue weighted by molar-refractivity contribution is 5.83. The number of nitrogens with zero attached hydrogens (tertiary/aromatic N) is 2. The molecular weight excluding hydrogens is 266 g/mol. The van der Waals surface area contributed by atoms with Crippen molar-refractivity contribution in [3.8, 4) is 5.75 Å². The largest absolute Gasteiger partial charge is 0.494 e. The van der Waals surface area contributed by atoms with Crippen LogP contribution >= 0.6 is 0 Å². The van der Waals surface area contributed by atoms with Gasteiger partial charge in [-0.05, 0) is 0 Å². The van der Waals surface area contributed by atoms with Crippen molar-refractivity contribution in [2.75, 3.05) is 13.7 Å². The molecule has 0 bridgehead atoms. The molecular formula is C11H11F4N3O. The lowest BCUT2D eigenvalue weighted by Gasteiger charge is -2.08. The van der Waals surface area contributed by atoms with E-state index < -0.39 is 23.9 Å². The van der Waals surface area contributed by atoms with E-state index in [1.807, 2.05) is 0 Å². The number of nitrogens with two attached hydrogens (primary N) is 1. The van der Waals surface area contributed by atoms with Crippen LogP contribution in [0.15, 0.2) is 6.07 Å². The standard InChI is InChI=1S/C11H11F4N3O/c1-19-6-4-5(12)7(13)9-8(6)17-11(10(14)15)18(9)3-2-16/h4,10H,2-3,16H2,1H3. The van der Waals surface area contributed by atoms with E-state index in [-0.39, 0.29) is 29.9 Å². The maximum Gasteiger partial charge on any atom is 0.295 e. The molecule has 0 amide bonds. The predicted octanol–water partition coefficient (Wildman–Crippen LogP) is 2.22. The molecule has 4 nitrogen and oxygen atoms in total. The summed E-state index contributed by atoms with van der Waals surface area (Å²) in [5.74, 6) is -3.21. The van der Waals surface area contributed by atoms with Gasteiger partial charge >= 0.3 is 0 Å². The molecule has 2 aromatic rings. The first-order valence-electron chi connectivity index (χ1n) is 5.41. The fourth-order valence-corrected chi connectivity index (χ4v) is 1.90. The Morgan fingerprint density at radius 2 is 2.11 bits per heavy atom. The summed E-state index contributed by atoms with van der Waals surface area (Å²) in [5, 5.41) is 0. The molecule has 0 aliphatic heterocycles. The molecule has 19 heavy (non-hydrogen) atoms. The third-order valence-corrected chi connectivity index (χ3v) is 2.67. The molecule has 2 N–H and O–H groups in total. The Labute approximate surface area is 105 Å². The van der Waals surface area contributed by atoms with Crippen LogP contribution in [0, 0.1) is 11.6 Å². The lowest BCUT2D eigenvalue weighted by molar-refractivity contribution is 0.136. The Balaban J connectivity index is 2.86. The average Bonchev–Trinajstić information content (AvgIpc) is 2.74. The number of rotatable bonds is 4. The van der Waals surface area contributed by atoms with Gasteiger partial charge in [0.1, 0.15) is 16.8 Å². The van der Waals surface area contributed by atoms with Gasteiger partial charge in [-0.25, -0.2) is 22.5 Å². The van der Waals surface area contributed by atoms with Gasteiger partial charge in [0, 0.05) is 19.2 Å². The average molecular weight is 277 g/mol. The molecule has 0 fully saturated rings. The fourth-order valence-electron chi connectivity index (χ4n) is 1.90. The van der Waals surface area contributed by atoms with Gasteiger partial charge in [-0.1, -0.05) is 0 Å². The van der Waals surface area contributed by atoms with Crippen molar-refractivity contribution in [1.29, 1.82) is 0 Å². The van der Waals surface area contributed by atoms with Crippen LogP contribution in [0.25, 0.3) is 11.0 Å². The van der Waals surface area contributed by atoms with Crippen LogP contribution < -0.4 is 10.5 Å². The monoisotopic (exact) mass is 277 g/mol. The molecule has 0 saturated heterocycles. The van der Waals surface area contributed by atoms with Crippen molar-refractivity contribution in [2.24, 2.45) is 5.73 Å². The number of ether oxygens (including phenoxy) is 1. The first-order valence-corrected chi connectivity index (χ1v) is 5.41. The van der Waals surface area contributed by atoms with Crippen LogP contribution in [-0.2, 0) is 6.54 Å². The van der Waals surface area contributed by atoms with Crippen LogP contribution in [0.4, 0.5) is 17.6 Å². The summed E-state index contributed by atoms with van der Waals surface area (Å²) in [6.07, 6.45) is -2.92. The second kappa shape index (κ2) is 5.04. The van der Waals surface area contributed by atoms with Crippen molar-refractivity contribution < 1.29 is 22.3 Å². The third-order valence-electron chi connectivity index (χ3n) is 2.67. The highest BCUT2D eigenvalue weighted by Crippen LogP contribution is 2.33. The molecule has 0 saturated carbocycles. The summed E-state index contributed by atoms with van der Waals surface area (Å²) in [7, 11) is 1.22. The summed E-state index contributed by atoms with van der Waals surface area (Å²) >= 11 is 0. The number of methoxy groups -OCH3 is 1. The van der Waals surface area contributed by atoms with Gasteiger partial charge in [-0.2, -0.15) is 0 Å². The maximum atomic E-state index is 13.8. The van der Waals surface area contributed by atoms with Crippen LogP contribution in [0.2, 0.25) is 0 Å². The number of benzene rings is 1. The summed E-state index contributed by atoms with van der Waals surface area (Å²) in [6.45, 7) is -0.108. The Bertz CT molecular complexity index is 612. The lowest BCUT2D eigenvalue weighted by Crippen LogP contribution is -2.13. The van der Waals surface area contributed by atoms with Crippen LogP contribution in [0.5, 0.6) is 5.75 Å². The minimum Gasteiger partial charge on any atom is -0.494 e. The lowest BCUT2D eigenvalue weighted by atomic mass is 10.2. The van der Waals surface area contributed by atoms with Gasteiger partial charge in [-0.15, -0.1) is 0 Å². The summed E-state index contributed by atoms with van der Waals surface area (Å²) < 4.78 is 58.7. The molecule has 1 heterocycles. The topological polar surface area (TPSA) is 53.1 Å². The van der Waals surface area contributed by atoms with Crippen LogP contribution in [0.1, 0.15) is 12.2 Å². The highest BCUT2D eigenvalue weighted by Gasteiger charge is 2.25. The quantitative estimate of drug-likeness (QED) is 0.872. The minimum absolute atomic E-state index is 0.0105. The van der Waals surface area contributed by atoms with E-state index in [0.717, 1.165) is 10.6 Å². The third kappa shape index (κ3) is 2.12. The molecule has 0 radical (unpaired) electrons. The predicted molar refractivity (Wildman–Crippen MR) is 60.2 cm³/mol. The number of hydrogen-bond donors (Lipinski definition) is 1. The zero-order valence-corrected chi connectivity index (χ0v) is 9.96. The number of halogens is 4. The van der Waals surface area contributed by atoms with Crippen LogP contribution in [-0.4, -0.2) is 23.2 Å². The molecule has 2 rings (SSSR count). The van der Waals surface area contributed by atoms with E-state index in [1.165, 1.54) is 7.11 Å². The number of aromatic nitrogens is 2. The molecule has 0 aliphatic rings. The zero-order chi connectivity index (χ0) is 14.2. The minimum atomic E-state index is -2.92. The first kappa shape index (κ1) is 13.6. The van der Waals surface area contributed by atoms with Gasteiger partial charge in [-0.3, -0.25) is 0 Å². The zero-order valence-electron chi connectivity index (χ0n) is 9.96. The van der Waals surface area contributed by atoms with Gasteiger partial charge < -0.3 is 15.0 Å². The van der Waals surface area contributed by atoms with Crippen molar-refractivity contribution in [3.05, 3.63) is 23.5 Å². The second-order valence-corrected chi connectivity index (χ2v) is 3.78. The molecule has 104 valence electrons. The van der Waals surface area contributed by atoms with Crippen molar-refractivity contribution in [2.45, 2.75) is 13.0 Å². The maximum absolute atomic E-state index is 13.8.